The number of carbonyl (C=O) groups is 2. The van der Waals surface area contributed by atoms with Crippen LogP contribution >= 0.6 is 0 Å². The highest BCUT2D eigenvalue weighted by Gasteiger charge is 2.30. The number of rotatable bonds is 2. The molecule has 120 valence electrons. The molecule has 2 atom stereocenters. The van der Waals surface area contributed by atoms with Crippen molar-refractivity contribution >= 4 is 17.5 Å². The number of aliphatic hydroxyl groups is 1. The van der Waals surface area contributed by atoms with Gasteiger partial charge < -0.3 is 15.3 Å². The van der Waals surface area contributed by atoms with E-state index in [-0.39, 0.29) is 5.92 Å². The van der Waals surface area contributed by atoms with Gasteiger partial charge in [-0.2, -0.15) is 0 Å². The summed E-state index contributed by atoms with van der Waals surface area (Å²) in [5.74, 6) is -1.87. The molecule has 22 heavy (non-hydrogen) atoms. The second-order valence-electron chi connectivity index (χ2n) is 5.76. The Hall–Kier alpha value is -1.95. The molecule has 1 fully saturated rings. The number of hydrogen-bond donors (Lipinski definition) is 2. The van der Waals surface area contributed by atoms with Crippen LogP contribution in [0.15, 0.2) is 18.2 Å². The van der Waals surface area contributed by atoms with E-state index < -0.39 is 23.7 Å². The number of aliphatic hydroxyl groups excluding tert-OH is 1. The van der Waals surface area contributed by atoms with Crippen molar-refractivity contribution in [2.24, 2.45) is 5.92 Å². The van der Waals surface area contributed by atoms with Crippen molar-refractivity contribution in [2.75, 3.05) is 18.4 Å². The number of likely N-dealkylation sites (tertiary alicyclic amines) is 1. The van der Waals surface area contributed by atoms with Gasteiger partial charge in [0, 0.05) is 30.3 Å². The Labute approximate surface area is 129 Å². The number of amides is 2. The first kappa shape index (κ1) is 16.4. The van der Waals surface area contributed by atoms with Crippen LogP contribution in [0, 0.1) is 18.7 Å². The van der Waals surface area contributed by atoms with E-state index in [0.29, 0.717) is 24.3 Å². The van der Waals surface area contributed by atoms with Crippen LogP contribution in [0.5, 0.6) is 0 Å². The van der Waals surface area contributed by atoms with Crippen LogP contribution in [0.25, 0.3) is 0 Å². The van der Waals surface area contributed by atoms with Crippen molar-refractivity contribution in [2.45, 2.75) is 32.8 Å². The molecule has 1 aromatic carbocycles. The molecular weight excluding hydrogens is 287 g/mol. The van der Waals surface area contributed by atoms with Crippen molar-refractivity contribution in [1.29, 1.82) is 0 Å². The quantitative estimate of drug-likeness (QED) is 0.817. The lowest BCUT2D eigenvalue weighted by Crippen LogP contribution is -2.47. The molecule has 0 spiro atoms. The molecule has 1 heterocycles. The number of halogens is 1. The molecule has 0 bridgehead atoms. The molecule has 1 saturated heterocycles. The third-order valence-electron chi connectivity index (χ3n) is 4.14. The van der Waals surface area contributed by atoms with Crippen LogP contribution in [0.2, 0.25) is 0 Å². The number of nitrogens with one attached hydrogen (secondary N) is 1. The molecule has 0 aromatic heterocycles. The van der Waals surface area contributed by atoms with Gasteiger partial charge in [0.15, 0.2) is 0 Å². The van der Waals surface area contributed by atoms with E-state index in [2.05, 4.69) is 5.32 Å². The number of piperidine rings is 1. The maximum Gasteiger partial charge on any atom is 0.313 e. The van der Waals surface area contributed by atoms with Crippen molar-refractivity contribution in [1.82, 2.24) is 4.90 Å². The lowest BCUT2D eigenvalue weighted by molar-refractivity contribution is -0.144. The highest BCUT2D eigenvalue weighted by molar-refractivity contribution is 6.39. The maximum absolute atomic E-state index is 13.5. The minimum absolute atomic E-state index is 0.0126. The normalized spacial score (nSPS) is 19.6. The van der Waals surface area contributed by atoms with Crippen molar-refractivity contribution < 1.29 is 19.1 Å². The molecule has 1 aliphatic rings. The minimum atomic E-state index is -0.778. The predicted molar refractivity (Wildman–Crippen MR) is 80.8 cm³/mol. The fourth-order valence-electron chi connectivity index (χ4n) is 2.65. The van der Waals surface area contributed by atoms with Crippen LogP contribution in [0.1, 0.15) is 25.3 Å². The first-order valence-corrected chi connectivity index (χ1v) is 7.43. The van der Waals surface area contributed by atoms with Gasteiger partial charge in [-0.3, -0.25) is 9.59 Å². The van der Waals surface area contributed by atoms with Crippen LogP contribution in [-0.4, -0.2) is 41.0 Å². The summed E-state index contributed by atoms with van der Waals surface area (Å²) in [6.07, 6.45) is 1.09. The number of hydrogen-bond acceptors (Lipinski definition) is 3. The molecule has 2 unspecified atom stereocenters. The summed E-state index contributed by atoms with van der Waals surface area (Å²) < 4.78 is 13.5. The Morgan fingerprint density at radius 1 is 1.45 bits per heavy atom. The predicted octanol–water partition coefficient (Wildman–Crippen LogP) is 1.69. The van der Waals surface area contributed by atoms with Crippen molar-refractivity contribution in [3.63, 3.8) is 0 Å². The van der Waals surface area contributed by atoms with Gasteiger partial charge in [0.2, 0.25) is 0 Å². The molecule has 2 amide bonds. The van der Waals surface area contributed by atoms with Crippen molar-refractivity contribution in [3.8, 4) is 0 Å². The average molecular weight is 308 g/mol. The number of anilines is 1. The second-order valence-corrected chi connectivity index (χ2v) is 5.76. The largest absolute Gasteiger partial charge is 0.393 e. The SMILES string of the molecule is Cc1c(F)cccc1NC(=O)C(=O)N1CCCC(C(C)O)C1. The van der Waals surface area contributed by atoms with Gasteiger partial charge in [-0.1, -0.05) is 6.07 Å². The summed E-state index contributed by atoms with van der Waals surface area (Å²) in [4.78, 5) is 25.7. The van der Waals surface area contributed by atoms with E-state index in [9.17, 15) is 19.1 Å². The molecule has 1 aliphatic heterocycles. The lowest BCUT2D eigenvalue weighted by atomic mass is 9.93. The van der Waals surface area contributed by atoms with Gasteiger partial charge in [-0.05, 0) is 38.8 Å². The molecule has 6 heteroatoms. The first-order chi connectivity index (χ1) is 10.4. The Morgan fingerprint density at radius 3 is 2.86 bits per heavy atom. The van der Waals surface area contributed by atoms with Crippen LogP contribution < -0.4 is 5.32 Å². The lowest BCUT2D eigenvalue weighted by Gasteiger charge is -2.33. The summed E-state index contributed by atoms with van der Waals surface area (Å²) in [5, 5.41) is 12.1. The monoisotopic (exact) mass is 308 g/mol. The zero-order chi connectivity index (χ0) is 16.3. The molecular formula is C16H21FN2O3. The molecule has 1 aromatic rings. The van der Waals surface area contributed by atoms with Gasteiger partial charge in [0.05, 0.1) is 6.10 Å². The topological polar surface area (TPSA) is 69.6 Å². The van der Waals surface area contributed by atoms with Crippen LogP contribution in [0.3, 0.4) is 0 Å². The highest BCUT2D eigenvalue weighted by Crippen LogP contribution is 2.21. The third kappa shape index (κ3) is 3.62. The molecule has 0 saturated carbocycles. The van der Waals surface area contributed by atoms with Gasteiger partial charge in [-0.15, -0.1) is 0 Å². The molecule has 0 radical (unpaired) electrons. The summed E-state index contributed by atoms with van der Waals surface area (Å²) in [5.41, 5.74) is 0.589. The zero-order valence-corrected chi connectivity index (χ0v) is 12.8. The first-order valence-electron chi connectivity index (χ1n) is 7.43. The third-order valence-corrected chi connectivity index (χ3v) is 4.14. The number of carbonyl (C=O) groups excluding carboxylic acids is 2. The highest BCUT2D eigenvalue weighted by atomic mass is 19.1. The number of nitrogens with zero attached hydrogens (tertiary/aromatic N) is 1. The summed E-state index contributed by atoms with van der Waals surface area (Å²) in [6, 6.07) is 4.33. The molecule has 0 aliphatic carbocycles. The van der Waals surface area contributed by atoms with E-state index >= 15 is 0 Å². The second kappa shape index (κ2) is 6.87. The fraction of sp³-hybridized carbons (Fsp3) is 0.500. The average Bonchev–Trinajstić information content (AvgIpc) is 2.51. The smallest absolute Gasteiger partial charge is 0.313 e. The Morgan fingerprint density at radius 2 is 2.18 bits per heavy atom. The molecule has 5 nitrogen and oxygen atoms in total. The molecule has 2 N–H and O–H groups in total. The van der Waals surface area contributed by atoms with E-state index in [1.807, 2.05) is 0 Å². The molecule has 2 rings (SSSR count). The minimum Gasteiger partial charge on any atom is -0.393 e. The zero-order valence-electron chi connectivity index (χ0n) is 12.8. The fourth-order valence-corrected chi connectivity index (χ4v) is 2.65. The van der Waals surface area contributed by atoms with Gasteiger partial charge in [-0.25, -0.2) is 4.39 Å². The number of benzene rings is 1. The van der Waals surface area contributed by atoms with Gasteiger partial charge >= 0.3 is 11.8 Å². The Kier molecular flexibility index (Phi) is 5.13. The van der Waals surface area contributed by atoms with E-state index in [1.165, 1.54) is 17.0 Å². The summed E-state index contributed by atoms with van der Waals surface area (Å²) in [7, 11) is 0. The van der Waals surface area contributed by atoms with Crippen molar-refractivity contribution in [3.05, 3.63) is 29.6 Å². The van der Waals surface area contributed by atoms with Gasteiger partial charge in [0.25, 0.3) is 0 Å². The standard InChI is InChI=1S/C16H21FN2O3/c1-10-13(17)6-3-7-14(10)18-15(21)16(22)19-8-4-5-12(9-19)11(2)20/h3,6-7,11-12,20H,4-5,8-9H2,1-2H3,(H,18,21). The van der Waals surface area contributed by atoms with E-state index in [4.69, 9.17) is 0 Å². The summed E-state index contributed by atoms with van der Waals surface area (Å²) >= 11 is 0. The van der Waals surface area contributed by atoms with E-state index in [1.54, 1.807) is 19.9 Å². The van der Waals surface area contributed by atoms with Crippen LogP contribution in [0.4, 0.5) is 10.1 Å². The van der Waals surface area contributed by atoms with E-state index in [0.717, 1.165) is 12.8 Å². The van der Waals surface area contributed by atoms with Gasteiger partial charge in [0.1, 0.15) is 5.82 Å². The summed E-state index contributed by atoms with van der Waals surface area (Å²) in [6.45, 7) is 4.10. The Balaban J connectivity index is 2.03. The van der Waals surface area contributed by atoms with Crippen LogP contribution in [-0.2, 0) is 9.59 Å². The Bertz CT molecular complexity index is 575. The maximum atomic E-state index is 13.5.